The standard InChI is InChI=1S/C22H37N7/c1-5-19(4)26-22(24-15-17-29-18-25-27-21(29)6-2)23-14-11-16-28(7-3)20-12-9-8-10-13-20/h8-10,12-13,18-19H,5-7,11,14-17H2,1-4H3,(H2,23,24,26). The van der Waals surface area contributed by atoms with Crippen molar-refractivity contribution in [2.75, 3.05) is 31.1 Å². The van der Waals surface area contributed by atoms with Crippen LogP contribution in [0.1, 0.15) is 46.4 Å². The van der Waals surface area contributed by atoms with E-state index in [4.69, 9.17) is 4.99 Å². The number of guanidine groups is 1. The van der Waals surface area contributed by atoms with E-state index in [1.807, 2.05) is 0 Å². The van der Waals surface area contributed by atoms with E-state index in [1.54, 1.807) is 6.33 Å². The smallest absolute Gasteiger partial charge is 0.191 e. The highest BCUT2D eigenvalue weighted by Gasteiger charge is 2.06. The first kappa shape index (κ1) is 22.7. The van der Waals surface area contributed by atoms with Crippen LogP contribution in [0.3, 0.4) is 0 Å². The number of aryl methyl sites for hydroxylation is 1. The number of benzene rings is 1. The molecule has 160 valence electrons. The number of aliphatic imine (C=N–C) groups is 1. The van der Waals surface area contributed by atoms with Gasteiger partial charge in [-0.15, -0.1) is 10.2 Å². The fourth-order valence-corrected chi connectivity index (χ4v) is 3.08. The Bertz CT molecular complexity index is 711. The SMILES string of the molecule is CCc1nncn1CCNC(=NCCCN(CC)c1ccccc1)NC(C)CC. The lowest BCUT2D eigenvalue weighted by atomic mass is 10.2. The molecule has 0 saturated heterocycles. The molecule has 1 aromatic heterocycles. The minimum Gasteiger partial charge on any atom is -0.372 e. The average molecular weight is 400 g/mol. The second kappa shape index (κ2) is 12.8. The number of hydrogen-bond acceptors (Lipinski definition) is 4. The molecular weight excluding hydrogens is 362 g/mol. The van der Waals surface area contributed by atoms with Crippen molar-refractivity contribution >= 4 is 11.6 Å². The summed E-state index contributed by atoms with van der Waals surface area (Å²) in [7, 11) is 0. The first-order valence-corrected chi connectivity index (χ1v) is 10.9. The number of aromatic nitrogens is 3. The molecule has 0 radical (unpaired) electrons. The van der Waals surface area contributed by atoms with E-state index in [-0.39, 0.29) is 0 Å². The quantitative estimate of drug-likeness (QED) is 0.326. The summed E-state index contributed by atoms with van der Waals surface area (Å²) in [5.41, 5.74) is 1.27. The molecule has 0 saturated carbocycles. The van der Waals surface area contributed by atoms with Crippen molar-refractivity contribution in [3.8, 4) is 0 Å². The van der Waals surface area contributed by atoms with Crippen molar-refractivity contribution in [1.82, 2.24) is 25.4 Å². The predicted octanol–water partition coefficient (Wildman–Crippen LogP) is 3.09. The third-order valence-corrected chi connectivity index (χ3v) is 5.01. The topological polar surface area (TPSA) is 70.4 Å². The van der Waals surface area contributed by atoms with Gasteiger partial charge in [0.05, 0.1) is 0 Å². The number of rotatable bonds is 12. The first-order chi connectivity index (χ1) is 14.2. The normalized spacial score (nSPS) is 12.6. The van der Waals surface area contributed by atoms with Gasteiger partial charge in [0.25, 0.3) is 0 Å². The van der Waals surface area contributed by atoms with Gasteiger partial charge in [-0.1, -0.05) is 32.0 Å². The summed E-state index contributed by atoms with van der Waals surface area (Å²) < 4.78 is 2.09. The van der Waals surface area contributed by atoms with Gasteiger partial charge < -0.3 is 20.1 Å². The Morgan fingerprint density at radius 1 is 1.21 bits per heavy atom. The maximum atomic E-state index is 4.80. The molecule has 1 heterocycles. The van der Waals surface area contributed by atoms with Crippen molar-refractivity contribution in [2.24, 2.45) is 4.99 Å². The van der Waals surface area contributed by atoms with Gasteiger partial charge in [0.2, 0.25) is 0 Å². The number of nitrogens with one attached hydrogen (secondary N) is 2. The van der Waals surface area contributed by atoms with Crippen molar-refractivity contribution < 1.29 is 0 Å². The molecule has 1 aromatic carbocycles. The van der Waals surface area contributed by atoms with Crippen molar-refractivity contribution in [2.45, 2.75) is 59.5 Å². The number of nitrogens with zero attached hydrogens (tertiary/aromatic N) is 5. The maximum absolute atomic E-state index is 4.80. The Morgan fingerprint density at radius 2 is 2.00 bits per heavy atom. The van der Waals surface area contributed by atoms with Gasteiger partial charge in [0.1, 0.15) is 12.2 Å². The van der Waals surface area contributed by atoms with Gasteiger partial charge in [-0.25, -0.2) is 0 Å². The highest BCUT2D eigenvalue weighted by molar-refractivity contribution is 5.80. The van der Waals surface area contributed by atoms with Crippen LogP contribution in [0.4, 0.5) is 5.69 Å². The van der Waals surface area contributed by atoms with E-state index >= 15 is 0 Å². The third kappa shape index (κ3) is 7.75. The van der Waals surface area contributed by atoms with Crippen LogP contribution >= 0.6 is 0 Å². The van der Waals surface area contributed by atoms with Crippen molar-refractivity contribution in [3.63, 3.8) is 0 Å². The van der Waals surface area contributed by atoms with E-state index in [0.717, 1.165) is 63.8 Å². The maximum Gasteiger partial charge on any atom is 0.191 e. The summed E-state index contributed by atoms with van der Waals surface area (Å²) in [4.78, 5) is 7.19. The minimum atomic E-state index is 0.388. The van der Waals surface area contributed by atoms with Gasteiger partial charge in [-0.3, -0.25) is 4.99 Å². The van der Waals surface area contributed by atoms with Crippen LogP contribution in [0.5, 0.6) is 0 Å². The summed E-state index contributed by atoms with van der Waals surface area (Å²) in [6, 6.07) is 11.0. The number of anilines is 1. The lowest BCUT2D eigenvalue weighted by molar-refractivity contribution is 0.598. The highest BCUT2D eigenvalue weighted by atomic mass is 15.3. The monoisotopic (exact) mass is 399 g/mol. The van der Waals surface area contributed by atoms with E-state index in [1.165, 1.54) is 5.69 Å². The molecule has 1 atom stereocenters. The molecule has 0 bridgehead atoms. The molecule has 7 nitrogen and oxygen atoms in total. The van der Waals surface area contributed by atoms with Gasteiger partial charge in [-0.05, 0) is 38.8 Å². The van der Waals surface area contributed by atoms with Gasteiger partial charge >= 0.3 is 0 Å². The minimum absolute atomic E-state index is 0.388. The zero-order valence-corrected chi connectivity index (χ0v) is 18.4. The summed E-state index contributed by atoms with van der Waals surface area (Å²) in [5, 5.41) is 15.1. The van der Waals surface area contributed by atoms with Crippen LogP contribution in [-0.4, -0.2) is 52.9 Å². The molecule has 0 spiro atoms. The van der Waals surface area contributed by atoms with Gasteiger partial charge in [0.15, 0.2) is 5.96 Å². The Balaban J connectivity index is 1.84. The van der Waals surface area contributed by atoms with Crippen molar-refractivity contribution in [3.05, 3.63) is 42.5 Å². The largest absolute Gasteiger partial charge is 0.372 e. The molecule has 0 fully saturated rings. The Kier molecular flexibility index (Phi) is 10.0. The molecular formula is C22H37N7. The predicted molar refractivity (Wildman–Crippen MR) is 122 cm³/mol. The van der Waals surface area contributed by atoms with Crippen molar-refractivity contribution in [1.29, 1.82) is 0 Å². The fourth-order valence-electron chi connectivity index (χ4n) is 3.08. The fraction of sp³-hybridized carbons (Fsp3) is 0.591. The zero-order chi connectivity index (χ0) is 20.9. The van der Waals surface area contributed by atoms with Crippen LogP contribution in [0.25, 0.3) is 0 Å². The molecule has 2 rings (SSSR count). The molecule has 0 amide bonds. The molecule has 29 heavy (non-hydrogen) atoms. The summed E-state index contributed by atoms with van der Waals surface area (Å²) >= 11 is 0. The van der Waals surface area contributed by atoms with E-state index in [0.29, 0.717) is 6.04 Å². The molecule has 0 aliphatic carbocycles. The molecule has 7 heteroatoms. The second-order valence-electron chi connectivity index (χ2n) is 7.17. The molecule has 1 unspecified atom stereocenters. The molecule has 2 aromatic rings. The Morgan fingerprint density at radius 3 is 2.69 bits per heavy atom. The Hall–Kier alpha value is -2.57. The van der Waals surface area contributed by atoms with Gasteiger partial charge in [0, 0.05) is 50.9 Å². The Labute approximate surface area is 175 Å². The second-order valence-corrected chi connectivity index (χ2v) is 7.17. The van der Waals surface area contributed by atoms with E-state index in [2.05, 4.69) is 88.3 Å². The number of para-hydroxylation sites is 1. The lowest BCUT2D eigenvalue weighted by Crippen LogP contribution is -2.43. The van der Waals surface area contributed by atoms with Gasteiger partial charge in [-0.2, -0.15) is 0 Å². The van der Waals surface area contributed by atoms with Crippen LogP contribution in [0.2, 0.25) is 0 Å². The zero-order valence-electron chi connectivity index (χ0n) is 18.4. The summed E-state index contributed by atoms with van der Waals surface area (Å²) in [5.74, 6) is 1.90. The van der Waals surface area contributed by atoms with Crippen LogP contribution in [0.15, 0.2) is 41.7 Å². The van der Waals surface area contributed by atoms with Crippen LogP contribution in [0, 0.1) is 0 Å². The lowest BCUT2D eigenvalue weighted by Gasteiger charge is -2.23. The molecule has 2 N–H and O–H groups in total. The molecule has 0 aliphatic heterocycles. The number of hydrogen-bond donors (Lipinski definition) is 2. The van der Waals surface area contributed by atoms with Crippen LogP contribution in [-0.2, 0) is 13.0 Å². The first-order valence-electron chi connectivity index (χ1n) is 10.9. The third-order valence-electron chi connectivity index (χ3n) is 5.01. The average Bonchev–Trinajstić information content (AvgIpc) is 3.21. The van der Waals surface area contributed by atoms with E-state index < -0.39 is 0 Å². The van der Waals surface area contributed by atoms with E-state index in [9.17, 15) is 0 Å². The highest BCUT2D eigenvalue weighted by Crippen LogP contribution is 2.12. The van der Waals surface area contributed by atoms with Crippen LogP contribution < -0.4 is 15.5 Å². The summed E-state index contributed by atoms with van der Waals surface area (Å²) in [6.07, 6.45) is 4.76. The molecule has 0 aliphatic rings. The summed E-state index contributed by atoms with van der Waals surface area (Å²) in [6.45, 7) is 13.1.